The third-order valence-corrected chi connectivity index (χ3v) is 3.43. The highest BCUT2D eigenvalue weighted by Crippen LogP contribution is 2.30. The van der Waals surface area contributed by atoms with Gasteiger partial charge in [-0.1, -0.05) is 23.5 Å². The molecule has 0 spiro atoms. The number of nitrogens with one attached hydrogen (secondary N) is 1. The lowest BCUT2D eigenvalue weighted by molar-refractivity contribution is 0.302. The topological polar surface area (TPSA) is 44.1 Å². The first-order chi connectivity index (χ1) is 3.83. The molecule has 0 aromatic heterocycles. The lowest BCUT2D eigenvalue weighted by atomic mass is 10.5. The van der Waals surface area contributed by atoms with E-state index >= 15 is 0 Å². The number of hydrogen-bond acceptors (Lipinski definition) is 4. The summed E-state index contributed by atoms with van der Waals surface area (Å²) < 4.78 is 0.643. The summed E-state index contributed by atoms with van der Waals surface area (Å²) in [7, 11) is 0. The van der Waals surface area contributed by atoms with Crippen molar-refractivity contribution in [1.82, 2.24) is 0 Å². The number of aliphatic hydroxyl groups excluding tert-OH is 1. The number of hydrogen-bond donors (Lipinski definition) is 2. The zero-order valence-corrected chi connectivity index (χ0v) is 5.89. The third-order valence-electron chi connectivity index (χ3n) is 0.878. The maximum absolute atomic E-state index is 8.55. The van der Waals surface area contributed by atoms with Crippen LogP contribution in [0.2, 0.25) is 0 Å². The van der Waals surface area contributed by atoms with Gasteiger partial charge in [0.15, 0.2) is 0 Å². The summed E-state index contributed by atoms with van der Waals surface area (Å²) >= 11 is 2.98. The maximum atomic E-state index is 8.55. The summed E-state index contributed by atoms with van der Waals surface area (Å²) in [6, 6.07) is 0. The van der Waals surface area contributed by atoms with E-state index in [2.05, 4.69) is 0 Å². The average Bonchev–Trinajstić information content (AvgIpc) is 2.14. The van der Waals surface area contributed by atoms with Crippen molar-refractivity contribution in [3.63, 3.8) is 0 Å². The molecule has 0 aliphatic carbocycles. The van der Waals surface area contributed by atoms with E-state index in [9.17, 15) is 0 Å². The van der Waals surface area contributed by atoms with Gasteiger partial charge in [0.1, 0.15) is 4.38 Å². The van der Waals surface area contributed by atoms with Gasteiger partial charge in [-0.25, -0.2) is 0 Å². The third kappa shape index (κ3) is 1.40. The molecule has 2 N–H and O–H groups in total. The van der Waals surface area contributed by atoms with Gasteiger partial charge in [-0.05, 0) is 0 Å². The van der Waals surface area contributed by atoms with Crippen LogP contribution in [0.4, 0.5) is 0 Å². The molecule has 1 aliphatic rings. The average molecular weight is 149 g/mol. The second-order valence-corrected chi connectivity index (χ2v) is 4.12. The minimum absolute atomic E-state index is 0.208. The van der Waals surface area contributed by atoms with Gasteiger partial charge in [-0.2, -0.15) is 0 Å². The smallest absolute Gasteiger partial charge is 0.122 e. The highest BCUT2D eigenvalue weighted by molar-refractivity contribution is 8.41. The van der Waals surface area contributed by atoms with Crippen LogP contribution in [0.25, 0.3) is 0 Å². The van der Waals surface area contributed by atoms with Gasteiger partial charge < -0.3 is 5.11 Å². The van der Waals surface area contributed by atoms with E-state index in [0.29, 0.717) is 4.38 Å². The molecule has 2 nitrogen and oxygen atoms in total. The summed E-state index contributed by atoms with van der Waals surface area (Å²) in [5, 5.41) is 15.9. The minimum atomic E-state index is 0.208. The van der Waals surface area contributed by atoms with E-state index in [4.69, 9.17) is 10.5 Å². The van der Waals surface area contributed by atoms with Crippen molar-refractivity contribution >= 4 is 27.9 Å². The molecule has 0 bridgehead atoms. The van der Waals surface area contributed by atoms with Gasteiger partial charge in [0, 0.05) is 11.0 Å². The molecule has 1 saturated heterocycles. The minimum Gasteiger partial charge on any atom is -0.395 e. The largest absolute Gasteiger partial charge is 0.395 e. The quantitative estimate of drug-likeness (QED) is 0.578. The van der Waals surface area contributed by atoms with Gasteiger partial charge in [-0.3, -0.25) is 5.41 Å². The number of rotatable bonds is 1. The Bertz CT molecular complexity index is 106. The van der Waals surface area contributed by atoms with E-state index in [1.54, 1.807) is 0 Å². The summed E-state index contributed by atoms with van der Waals surface area (Å²) in [5.74, 6) is 0.903. The monoisotopic (exact) mass is 149 g/mol. The maximum Gasteiger partial charge on any atom is 0.122 e. The summed E-state index contributed by atoms with van der Waals surface area (Å²) in [5.41, 5.74) is 0. The standard InChI is InChI=1S/C4H7NOS2/c5-4-7-2-3(1-6)8-4/h3,5-6H,1-2H2. The van der Waals surface area contributed by atoms with Gasteiger partial charge >= 0.3 is 0 Å². The molecule has 1 heterocycles. The first kappa shape index (κ1) is 6.45. The van der Waals surface area contributed by atoms with Crippen molar-refractivity contribution in [2.45, 2.75) is 5.25 Å². The van der Waals surface area contributed by atoms with Crippen LogP contribution in [0.5, 0.6) is 0 Å². The van der Waals surface area contributed by atoms with Gasteiger partial charge in [-0.15, -0.1) is 0 Å². The lowest BCUT2D eigenvalue weighted by Crippen LogP contribution is -2.05. The second kappa shape index (κ2) is 2.75. The highest BCUT2D eigenvalue weighted by Gasteiger charge is 2.19. The molecule has 8 heavy (non-hydrogen) atoms. The van der Waals surface area contributed by atoms with Crippen LogP contribution in [0.3, 0.4) is 0 Å². The Morgan fingerprint density at radius 1 is 1.88 bits per heavy atom. The second-order valence-electron chi connectivity index (χ2n) is 1.52. The summed E-state index contributed by atoms with van der Waals surface area (Å²) in [6.07, 6.45) is 0. The Balaban J connectivity index is 2.32. The fraction of sp³-hybridized carbons (Fsp3) is 0.750. The molecule has 46 valence electrons. The van der Waals surface area contributed by atoms with E-state index in [1.165, 1.54) is 23.5 Å². The number of thioether (sulfide) groups is 2. The molecule has 0 aromatic carbocycles. The molecule has 1 aliphatic heterocycles. The first-order valence-electron chi connectivity index (χ1n) is 2.32. The Kier molecular flexibility index (Phi) is 2.22. The van der Waals surface area contributed by atoms with E-state index in [1.807, 2.05) is 0 Å². The van der Waals surface area contributed by atoms with Gasteiger partial charge in [0.05, 0.1) is 6.61 Å². The fourth-order valence-corrected chi connectivity index (χ4v) is 2.66. The summed E-state index contributed by atoms with van der Waals surface area (Å²) in [4.78, 5) is 0. The fourth-order valence-electron chi connectivity index (χ4n) is 0.478. The molecule has 0 radical (unpaired) electrons. The van der Waals surface area contributed by atoms with E-state index in [-0.39, 0.29) is 11.9 Å². The Morgan fingerprint density at radius 3 is 2.88 bits per heavy atom. The van der Waals surface area contributed by atoms with Crippen molar-refractivity contribution in [2.75, 3.05) is 12.4 Å². The Morgan fingerprint density at radius 2 is 2.62 bits per heavy atom. The lowest BCUT2D eigenvalue weighted by Gasteiger charge is -1.96. The van der Waals surface area contributed by atoms with E-state index < -0.39 is 0 Å². The SMILES string of the molecule is N=C1SCC(CO)S1. The van der Waals surface area contributed by atoms with Gasteiger partial charge in [0.25, 0.3) is 0 Å². The molecule has 1 rings (SSSR count). The summed E-state index contributed by atoms with van der Waals surface area (Å²) in [6.45, 7) is 0.208. The molecule has 0 amide bonds. The zero-order valence-electron chi connectivity index (χ0n) is 4.26. The van der Waals surface area contributed by atoms with Crippen molar-refractivity contribution in [3.05, 3.63) is 0 Å². The highest BCUT2D eigenvalue weighted by atomic mass is 32.2. The van der Waals surface area contributed by atoms with Crippen molar-refractivity contribution < 1.29 is 5.11 Å². The Labute approximate surface area is 56.6 Å². The van der Waals surface area contributed by atoms with Crippen LogP contribution in [0, 0.1) is 5.41 Å². The van der Waals surface area contributed by atoms with Crippen LogP contribution < -0.4 is 0 Å². The Hall–Kier alpha value is 0.330. The number of aliphatic hydroxyl groups is 1. The molecule has 1 unspecified atom stereocenters. The predicted molar refractivity (Wildman–Crippen MR) is 38.6 cm³/mol. The molecular formula is C4H7NOS2. The molecular weight excluding hydrogens is 142 g/mol. The van der Waals surface area contributed by atoms with Crippen LogP contribution in [-0.2, 0) is 0 Å². The predicted octanol–water partition coefficient (Wildman–Crippen LogP) is 0.762. The van der Waals surface area contributed by atoms with Crippen molar-refractivity contribution in [1.29, 1.82) is 5.41 Å². The molecule has 1 atom stereocenters. The van der Waals surface area contributed by atoms with Crippen LogP contribution in [-0.4, -0.2) is 27.1 Å². The zero-order chi connectivity index (χ0) is 5.98. The van der Waals surface area contributed by atoms with Gasteiger partial charge in [0.2, 0.25) is 0 Å². The van der Waals surface area contributed by atoms with Crippen LogP contribution in [0.15, 0.2) is 0 Å². The molecule has 0 aromatic rings. The molecule has 1 fully saturated rings. The first-order valence-corrected chi connectivity index (χ1v) is 4.18. The van der Waals surface area contributed by atoms with Crippen molar-refractivity contribution in [3.8, 4) is 0 Å². The van der Waals surface area contributed by atoms with E-state index in [0.717, 1.165) is 5.75 Å². The molecule has 0 saturated carbocycles. The van der Waals surface area contributed by atoms with Crippen LogP contribution >= 0.6 is 23.5 Å². The van der Waals surface area contributed by atoms with Crippen LogP contribution in [0.1, 0.15) is 0 Å². The van der Waals surface area contributed by atoms with Crippen molar-refractivity contribution in [2.24, 2.45) is 0 Å². The molecule has 4 heteroatoms. The normalized spacial score (nSPS) is 29.1.